The molecule has 0 N–H and O–H groups in total. The summed E-state index contributed by atoms with van der Waals surface area (Å²) >= 11 is 1.84. The van der Waals surface area contributed by atoms with Crippen LogP contribution in [0.25, 0.3) is 12.2 Å². The molecule has 13 heavy (non-hydrogen) atoms. The molecule has 0 saturated carbocycles. The van der Waals surface area contributed by atoms with Gasteiger partial charge in [-0.1, -0.05) is 34.4 Å². The molecule has 68 valence electrons. The molecule has 0 aliphatic heterocycles. The minimum atomic E-state index is 0.538. The highest BCUT2D eigenvalue weighted by molar-refractivity contribution is 7.47. The molecular formula is C10H12P2S. The average Bonchev–Trinajstić information content (AvgIpc) is 2.29. The molecule has 3 heteroatoms. The minimum Gasteiger partial charge on any atom is -0.135 e. The van der Waals surface area contributed by atoms with Crippen molar-refractivity contribution in [2.45, 2.75) is 6.92 Å². The van der Waals surface area contributed by atoms with E-state index in [0.29, 0.717) is 5.92 Å². The number of rotatable bonds is 0. The smallest absolute Gasteiger partial charge is 0.0352 e. The zero-order valence-corrected chi connectivity index (χ0v) is 10.6. The van der Waals surface area contributed by atoms with E-state index in [2.05, 4.69) is 49.7 Å². The number of hydrogen-bond donors (Lipinski definition) is 0. The van der Waals surface area contributed by atoms with E-state index in [4.69, 9.17) is 0 Å². The summed E-state index contributed by atoms with van der Waals surface area (Å²) in [5.74, 6) is 0.538. The van der Waals surface area contributed by atoms with Crippen molar-refractivity contribution in [3.8, 4) is 0 Å². The van der Waals surface area contributed by atoms with Crippen molar-refractivity contribution in [1.29, 1.82) is 0 Å². The Bertz CT molecular complexity index is 468. The van der Waals surface area contributed by atoms with Crippen molar-refractivity contribution < 1.29 is 0 Å². The maximum absolute atomic E-state index is 2.82. The molecule has 0 bridgehead atoms. The zero-order chi connectivity index (χ0) is 9.42. The number of hydrogen-bond acceptors (Lipinski definition) is 1. The summed E-state index contributed by atoms with van der Waals surface area (Å²) < 4.78 is 2.70. The van der Waals surface area contributed by atoms with Crippen LogP contribution in [0.3, 0.4) is 0 Å². The average molecular weight is 226 g/mol. The second kappa shape index (κ2) is 3.65. The van der Waals surface area contributed by atoms with Gasteiger partial charge >= 0.3 is 0 Å². The molecule has 0 amide bonds. The topological polar surface area (TPSA) is 0 Å². The second-order valence-electron chi connectivity index (χ2n) is 3.24. The first-order valence-electron chi connectivity index (χ1n) is 4.22. The molecular weight excluding hydrogens is 214 g/mol. The van der Waals surface area contributed by atoms with Crippen LogP contribution in [0.1, 0.15) is 6.92 Å². The van der Waals surface area contributed by atoms with Gasteiger partial charge in [0.1, 0.15) is 0 Å². The maximum atomic E-state index is 2.82. The van der Waals surface area contributed by atoms with Crippen molar-refractivity contribution >= 4 is 51.9 Å². The van der Waals surface area contributed by atoms with Crippen LogP contribution in [-0.4, -0.2) is 0 Å². The number of thiophene rings is 1. The molecule has 3 atom stereocenters. The first-order chi connectivity index (χ1) is 6.18. The summed E-state index contributed by atoms with van der Waals surface area (Å²) in [6, 6.07) is 0. The summed E-state index contributed by atoms with van der Waals surface area (Å²) in [5, 5.41) is 2.72. The van der Waals surface area contributed by atoms with E-state index in [-0.39, 0.29) is 0 Å². The Kier molecular flexibility index (Phi) is 2.70. The van der Waals surface area contributed by atoms with Crippen molar-refractivity contribution in [1.82, 2.24) is 0 Å². The van der Waals surface area contributed by atoms with Crippen LogP contribution in [0.2, 0.25) is 0 Å². The van der Waals surface area contributed by atoms with Crippen LogP contribution in [0.5, 0.6) is 0 Å². The lowest BCUT2D eigenvalue weighted by atomic mass is 10.1. The zero-order valence-electron chi connectivity index (χ0n) is 7.45. The molecule has 1 aromatic rings. The van der Waals surface area contributed by atoms with Crippen LogP contribution in [-0.2, 0) is 0 Å². The highest BCUT2D eigenvalue weighted by Gasteiger charge is 2.03. The van der Waals surface area contributed by atoms with Crippen LogP contribution in [0, 0.1) is 5.92 Å². The fourth-order valence-electron chi connectivity index (χ4n) is 1.43. The van der Waals surface area contributed by atoms with Crippen LogP contribution in [0.15, 0.2) is 12.2 Å². The van der Waals surface area contributed by atoms with E-state index in [1.165, 1.54) is 19.7 Å². The first kappa shape index (κ1) is 9.59. The summed E-state index contributed by atoms with van der Waals surface area (Å²) in [7, 11) is 5.61. The van der Waals surface area contributed by atoms with Crippen LogP contribution < -0.4 is 19.7 Å². The Morgan fingerprint density at radius 3 is 2.92 bits per heavy atom. The normalized spacial score (nSPS) is 20.1. The lowest BCUT2D eigenvalue weighted by molar-refractivity contribution is 1.000. The maximum Gasteiger partial charge on any atom is 0.0352 e. The van der Waals surface area contributed by atoms with Gasteiger partial charge in [0.2, 0.25) is 0 Å². The van der Waals surface area contributed by atoms with Gasteiger partial charge in [0.05, 0.1) is 0 Å². The van der Waals surface area contributed by atoms with Gasteiger partial charge in [-0.05, 0) is 22.5 Å². The summed E-state index contributed by atoms with van der Waals surface area (Å²) in [5.41, 5.74) is 0. The Morgan fingerprint density at radius 1 is 1.38 bits per heavy atom. The highest BCUT2D eigenvalue weighted by Crippen LogP contribution is 2.02. The predicted octanol–water partition coefficient (Wildman–Crippen LogP) is 0.516. The lowest BCUT2D eigenvalue weighted by Crippen LogP contribution is -2.30. The quantitative estimate of drug-likeness (QED) is 0.566. The Labute approximate surface area is 86.8 Å². The third-order valence-corrected chi connectivity index (χ3v) is 4.98. The molecule has 0 nitrogen and oxygen atoms in total. The van der Waals surface area contributed by atoms with Gasteiger partial charge in [-0.15, -0.1) is 20.6 Å². The fraction of sp³-hybridized carbons (Fsp3) is 0.200. The number of fused-ring (bicyclic) bond motifs is 1. The van der Waals surface area contributed by atoms with Gasteiger partial charge < -0.3 is 0 Å². The fourth-order valence-corrected chi connectivity index (χ4v) is 3.39. The Balaban J connectivity index is 2.82. The second-order valence-corrected chi connectivity index (χ2v) is 5.89. The standard InChI is InChI=1S/C10H12P2S/c1-6-3-2-4-8-7(5-6)9(11)10(12)13-8/h2-6H,11-12H2,1H3. The largest absolute Gasteiger partial charge is 0.135 e. The van der Waals surface area contributed by atoms with Crippen molar-refractivity contribution in [2.24, 2.45) is 5.92 Å². The van der Waals surface area contributed by atoms with Gasteiger partial charge in [0.15, 0.2) is 0 Å². The van der Waals surface area contributed by atoms with Gasteiger partial charge in [-0.2, -0.15) is 0 Å². The van der Waals surface area contributed by atoms with Gasteiger partial charge in [-0.25, -0.2) is 0 Å². The van der Waals surface area contributed by atoms with E-state index in [0.717, 1.165) is 0 Å². The monoisotopic (exact) mass is 226 g/mol. The van der Waals surface area contributed by atoms with E-state index >= 15 is 0 Å². The summed E-state index contributed by atoms with van der Waals surface area (Å²) in [4.78, 5) is 0. The molecule has 2 rings (SSSR count). The predicted molar refractivity (Wildman–Crippen MR) is 69.5 cm³/mol. The third-order valence-electron chi connectivity index (χ3n) is 2.13. The molecule has 0 spiro atoms. The molecule has 1 aliphatic carbocycles. The Hall–Kier alpha value is 0.0400. The first-order valence-corrected chi connectivity index (χ1v) is 6.19. The molecule has 1 aromatic heterocycles. The van der Waals surface area contributed by atoms with Gasteiger partial charge in [-0.3, -0.25) is 0 Å². The molecule has 0 radical (unpaired) electrons. The van der Waals surface area contributed by atoms with Crippen LogP contribution >= 0.6 is 29.8 Å². The van der Waals surface area contributed by atoms with E-state index < -0.39 is 0 Å². The lowest BCUT2D eigenvalue weighted by Gasteiger charge is -1.94. The van der Waals surface area contributed by atoms with Gasteiger partial charge in [0.25, 0.3) is 0 Å². The molecule has 0 aromatic carbocycles. The van der Waals surface area contributed by atoms with E-state index in [1.54, 1.807) is 0 Å². The SMILES string of the molecule is CC1C=CC=c2sc(P)c(P)c2=C1. The molecule has 0 fully saturated rings. The summed E-state index contributed by atoms with van der Waals surface area (Å²) in [6.45, 7) is 2.21. The van der Waals surface area contributed by atoms with Crippen LogP contribution in [0.4, 0.5) is 0 Å². The molecule has 1 heterocycles. The van der Waals surface area contributed by atoms with Crippen molar-refractivity contribution in [2.75, 3.05) is 0 Å². The third kappa shape index (κ3) is 1.79. The van der Waals surface area contributed by atoms with Crippen molar-refractivity contribution in [3.63, 3.8) is 0 Å². The summed E-state index contributed by atoms with van der Waals surface area (Å²) in [6.07, 6.45) is 8.89. The molecule has 0 saturated heterocycles. The molecule has 3 unspecified atom stereocenters. The number of allylic oxidation sites excluding steroid dienone is 2. The highest BCUT2D eigenvalue weighted by atomic mass is 32.1. The van der Waals surface area contributed by atoms with Gasteiger partial charge in [0, 0.05) is 9.15 Å². The minimum absolute atomic E-state index is 0.538. The van der Waals surface area contributed by atoms with E-state index in [9.17, 15) is 0 Å². The van der Waals surface area contributed by atoms with E-state index in [1.807, 2.05) is 11.3 Å². The molecule has 1 aliphatic rings. The Morgan fingerprint density at radius 2 is 2.15 bits per heavy atom. The van der Waals surface area contributed by atoms with Crippen molar-refractivity contribution in [3.05, 3.63) is 21.9 Å².